The molecule has 1 N–H and O–H groups in total. The zero-order valence-corrected chi connectivity index (χ0v) is 15.4. The van der Waals surface area contributed by atoms with Crippen molar-refractivity contribution in [2.45, 2.75) is 37.5 Å². The van der Waals surface area contributed by atoms with E-state index < -0.39 is 9.84 Å². The molecule has 6 nitrogen and oxygen atoms in total. The summed E-state index contributed by atoms with van der Waals surface area (Å²) in [4.78, 5) is 4.59. The normalized spacial score (nSPS) is 14.5. The van der Waals surface area contributed by atoms with Gasteiger partial charge in [0, 0.05) is 16.9 Å². The molecule has 0 amide bonds. The summed E-state index contributed by atoms with van der Waals surface area (Å²) < 4.78 is 24.5. The summed E-state index contributed by atoms with van der Waals surface area (Å²) in [6.07, 6.45) is 3.83. The van der Waals surface area contributed by atoms with Crippen LogP contribution in [-0.4, -0.2) is 29.4 Å². The number of aromatic nitrogens is 3. The van der Waals surface area contributed by atoms with Gasteiger partial charge >= 0.3 is 0 Å². The van der Waals surface area contributed by atoms with E-state index in [0.29, 0.717) is 22.1 Å². The molecule has 4 rings (SSSR count). The van der Waals surface area contributed by atoms with Crippen molar-refractivity contribution in [1.82, 2.24) is 15.2 Å². The van der Waals surface area contributed by atoms with Gasteiger partial charge in [-0.3, -0.25) is 5.10 Å². The van der Waals surface area contributed by atoms with Crippen molar-refractivity contribution in [3.63, 3.8) is 0 Å². The van der Waals surface area contributed by atoms with Crippen LogP contribution in [0.1, 0.15) is 42.6 Å². The van der Waals surface area contributed by atoms with Crippen molar-refractivity contribution in [1.29, 1.82) is 5.26 Å². The van der Waals surface area contributed by atoms with Crippen molar-refractivity contribution >= 4 is 20.7 Å². The van der Waals surface area contributed by atoms with Crippen molar-refractivity contribution in [2.75, 3.05) is 5.75 Å². The molecule has 2 heterocycles. The number of nitriles is 1. The molecule has 0 bridgehead atoms. The highest BCUT2D eigenvalue weighted by Crippen LogP contribution is 2.45. The molecule has 0 aliphatic heterocycles. The summed E-state index contributed by atoms with van der Waals surface area (Å²) >= 11 is 0. The highest BCUT2D eigenvalue weighted by Gasteiger charge is 2.30. The predicted octanol–water partition coefficient (Wildman–Crippen LogP) is 3.48. The number of aryl methyl sites for hydroxylation is 1. The Morgan fingerprint density at radius 2 is 2.12 bits per heavy atom. The third kappa shape index (κ3) is 2.58. The van der Waals surface area contributed by atoms with E-state index >= 15 is 0 Å². The van der Waals surface area contributed by atoms with Gasteiger partial charge in [0.15, 0.2) is 9.84 Å². The average Bonchev–Trinajstić information content (AvgIpc) is 3.39. The molecule has 0 atom stereocenters. The lowest BCUT2D eigenvalue weighted by atomic mass is 9.96. The molecule has 26 heavy (non-hydrogen) atoms. The number of benzene rings is 1. The number of hydrogen-bond acceptors (Lipinski definition) is 5. The second-order valence-electron chi connectivity index (χ2n) is 6.65. The second kappa shape index (κ2) is 5.92. The van der Waals surface area contributed by atoms with Gasteiger partial charge in [-0.05, 0) is 37.0 Å². The van der Waals surface area contributed by atoms with Gasteiger partial charge in [-0.15, -0.1) is 0 Å². The molecule has 7 heteroatoms. The molecule has 1 aliphatic carbocycles. The first-order valence-corrected chi connectivity index (χ1v) is 10.2. The van der Waals surface area contributed by atoms with Crippen molar-refractivity contribution in [3.8, 4) is 17.2 Å². The largest absolute Gasteiger partial charge is 0.276 e. The minimum atomic E-state index is -3.29. The van der Waals surface area contributed by atoms with Crippen molar-refractivity contribution in [2.24, 2.45) is 0 Å². The third-order valence-corrected chi connectivity index (χ3v) is 6.77. The van der Waals surface area contributed by atoms with Gasteiger partial charge in [-0.25, -0.2) is 13.4 Å². The fraction of sp³-hybridized carbons (Fsp3) is 0.316. The van der Waals surface area contributed by atoms with Crippen LogP contribution in [0.3, 0.4) is 0 Å². The summed E-state index contributed by atoms with van der Waals surface area (Å²) in [5.74, 6) is 0.471. The van der Waals surface area contributed by atoms with Crippen LogP contribution in [0, 0.1) is 18.3 Å². The lowest BCUT2D eigenvalue weighted by Crippen LogP contribution is -2.06. The van der Waals surface area contributed by atoms with E-state index in [-0.39, 0.29) is 5.75 Å². The van der Waals surface area contributed by atoms with Crippen LogP contribution >= 0.6 is 0 Å². The Balaban J connectivity index is 1.98. The molecular formula is C19H18N4O2S. The molecule has 132 valence electrons. The molecule has 1 fully saturated rings. The monoisotopic (exact) mass is 366 g/mol. The first kappa shape index (κ1) is 16.7. The number of hydrogen-bond donors (Lipinski definition) is 1. The summed E-state index contributed by atoms with van der Waals surface area (Å²) in [6.45, 7) is 3.41. The summed E-state index contributed by atoms with van der Waals surface area (Å²) in [6, 6.07) is 7.38. The second-order valence-corrected chi connectivity index (χ2v) is 8.90. The van der Waals surface area contributed by atoms with Crippen molar-refractivity contribution < 1.29 is 8.42 Å². The quantitative estimate of drug-likeness (QED) is 0.762. The average molecular weight is 366 g/mol. The molecule has 3 aromatic rings. The standard InChI is InChI=1S/C19H18N4O2S/c1-3-26(24,25)16-7-6-13(8-11(16)2)17-14(9-20)21-10-15-18(17)19(23-22-15)12-4-5-12/h6-8,10,12H,3-5H2,1-2H3,(H,22,23). The van der Waals surface area contributed by atoms with Crippen LogP contribution in [0.2, 0.25) is 0 Å². The fourth-order valence-corrected chi connectivity index (χ4v) is 4.50. The van der Waals surface area contributed by atoms with Crippen LogP contribution < -0.4 is 0 Å². The maximum absolute atomic E-state index is 12.2. The number of H-pyrrole nitrogens is 1. The Morgan fingerprint density at radius 3 is 2.73 bits per heavy atom. The molecule has 1 aromatic carbocycles. The lowest BCUT2D eigenvalue weighted by Gasteiger charge is -2.11. The van der Waals surface area contributed by atoms with E-state index in [9.17, 15) is 13.7 Å². The SMILES string of the molecule is CCS(=O)(=O)c1ccc(-c2c(C#N)ncc3[nH]nc(C4CC4)c23)cc1C. The Hall–Kier alpha value is -2.72. The summed E-state index contributed by atoms with van der Waals surface area (Å²) in [5, 5.41) is 17.9. The van der Waals surface area contributed by atoms with Crippen LogP contribution in [0.25, 0.3) is 22.0 Å². The van der Waals surface area contributed by atoms with E-state index in [1.54, 1.807) is 32.2 Å². The summed E-state index contributed by atoms with van der Waals surface area (Å²) in [5.41, 5.74) is 4.27. The molecule has 0 unspecified atom stereocenters. The van der Waals surface area contributed by atoms with Gasteiger partial charge in [0.25, 0.3) is 0 Å². The molecule has 1 aliphatic rings. The molecular weight excluding hydrogens is 348 g/mol. The minimum absolute atomic E-state index is 0.0569. The number of fused-ring (bicyclic) bond motifs is 1. The Kier molecular flexibility index (Phi) is 3.81. The zero-order chi connectivity index (χ0) is 18.5. The first-order chi connectivity index (χ1) is 12.5. The van der Waals surface area contributed by atoms with Crippen LogP contribution in [0.4, 0.5) is 0 Å². The maximum atomic E-state index is 12.2. The lowest BCUT2D eigenvalue weighted by molar-refractivity contribution is 0.596. The predicted molar refractivity (Wildman–Crippen MR) is 98.5 cm³/mol. The number of nitrogens with zero attached hydrogens (tertiary/aromatic N) is 3. The zero-order valence-electron chi connectivity index (χ0n) is 14.6. The molecule has 0 spiro atoms. The summed E-state index contributed by atoms with van der Waals surface area (Å²) in [7, 11) is -3.29. The topological polar surface area (TPSA) is 99.5 Å². The first-order valence-electron chi connectivity index (χ1n) is 8.57. The van der Waals surface area contributed by atoms with Crippen LogP contribution in [0.5, 0.6) is 0 Å². The van der Waals surface area contributed by atoms with E-state index in [2.05, 4.69) is 21.3 Å². The van der Waals surface area contributed by atoms with E-state index in [1.807, 2.05) is 6.07 Å². The third-order valence-electron chi connectivity index (χ3n) is 4.88. The van der Waals surface area contributed by atoms with Gasteiger partial charge in [-0.1, -0.05) is 19.1 Å². The van der Waals surface area contributed by atoms with E-state index in [1.165, 1.54) is 0 Å². The number of pyridine rings is 1. The van der Waals surface area contributed by atoms with E-state index in [4.69, 9.17) is 0 Å². The number of nitrogens with one attached hydrogen (secondary N) is 1. The highest BCUT2D eigenvalue weighted by molar-refractivity contribution is 7.91. The maximum Gasteiger partial charge on any atom is 0.178 e. The molecule has 0 saturated heterocycles. The van der Waals surface area contributed by atoms with E-state index in [0.717, 1.165) is 40.6 Å². The Morgan fingerprint density at radius 1 is 1.35 bits per heavy atom. The number of aromatic amines is 1. The van der Waals surface area contributed by atoms with Gasteiger partial charge < -0.3 is 0 Å². The van der Waals surface area contributed by atoms with Gasteiger partial charge in [0.2, 0.25) is 0 Å². The van der Waals surface area contributed by atoms with Gasteiger partial charge in [0.1, 0.15) is 11.8 Å². The van der Waals surface area contributed by atoms with Gasteiger partial charge in [0.05, 0.1) is 28.1 Å². The van der Waals surface area contributed by atoms with Crippen LogP contribution in [0.15, 0.2) is 29.3 Å². The van der Waals surface area contributed by atoms with Crippen LogP contribution in [-0.2, 0) is 9.84 Å². The number of sulfone groups is 1. The number of rotatable bonds is 4. The minimum Gasteiger partial charge on any atom is -0.276 e. The van der Waals surface area contributed by atoms with Gasteiger partial charge in [-0.2, -0.15) is 10.4 Å². The molecule has 1 saturated carbocycles. The fourth-order valence-electron chi connectivity index (χ4n) is 3.37. The Labute approximate surface area is 151 Å². The highest BCUT2D eigenvalue weighted by atomic mass is 32.2. The Bertz CT molecular complexity index is 1170. The molecule has 0 radical (unpaired) electrons. The smallest absolute Gasteiger partial charge is 0.178 e. The molecule has 2 aromatic heterocycles. The van der Waals surface area contributed by atoms with Crippen molar-refractivity contribution in [3.05, 3.63) is 41.3 Å².